The van der Waals surface area contributed by atoms with Crippen LogP contribution in [0.4, 0.5) is 4.79 Å². The van der Waals surface area contributed by atoms with E-state index in [9.17, 15) is 4.79 Å². The topological polar surface area (TPSA) is 41.6 Å². The predicted molar refractivity (Wildman–Crippen MR) is 87.5 cm³/mol. The van der Waals surface area contributed by atoms with E-state index in [0.29, 0.717) is 6.54 Å². The van der Waals surface area contributed by atoms with Crippen molar-refractivity contribution in [2.24, 2.45) is 5.92 Å². The van der Waals surface area contributed by atoms with Gasteiger partial charge in [0.1, 0.15) is 5.60 Å². The Kier molecular flexibility index (Phi) is 6.51. The maximum absolute atomic E-state index is 12.3. The Hall–Kier alpha value is -0.770. The van der Waals surface area contributed by atoms with Crippen LogP contribution in [0.15, 0.2) is 0 Å². The van der Waals surface area contributed by atoms with Gasteiger partial charge in [-0.1, -0.05) is 12.8 Å². The lowest BCUT2D eigenvalue weighted by Gasteiger charge is -2.37. The molecule has 4 heteroatoms. The van der Waals surface area contributed by atoms with E-state index in [4.69, 9.17) is 4.74 Å². The smallest absolute Gasteiger partial charge is 0.410 e. The Morgan fingerprint density at radius 1 is 1.14 bits per heavy atom. The molecule has 1 saturated carbocycles. The fourth-order valence-electron chi connectivity index (χ4n) is 2.73. The number of nitrogens with zero attached hydrogens (tertiary/aromatic N) is 1. The summed E-state index contributed by atoms with van der Waals surface area (Å²) in [7, 11) is 0. The summed E-state index contributed by atoms with van der Waals surface area (Å²) in [6.45, 7) is 14.5. The Bertz CT molecular complexity index is 323. The van der Waals surface area contributed by atoms with Gasteiger partial charge in [-0.05, 0) is 66.8 Å². The molecule has 1 aliphatic carbocycles. The van der Waals surface area contributed by atoms with Crippen LogP contribution in [-0.4, -0.2) is 41.8 Å². The number of hydrogen-bond acceptors (Lipinski definition) is 3. The summed E-state index contributed by atoms with van der Waals surface area (Å²) in [5.74, 6) is 0.828. The molecule has 0 aliphatic heterocycles. The molecule has 0 unspecified atom stereocenters. The van der Waals surface area contributed by atoms with Gasteiger partial charge >= 0.3 is 6.09 Å². The average molecular weight is 298 g/mol. The summed E-state index contributed by atoms with van der Waals surface area (Å²) in [5, 5.41) is 3.50. The van der Waals surface area contributed by atoms with Gasteiger partial charge in [0.15, 0.2) is 0 Å². The van der Waals surface area contributed by atoms with E-state index in [1.807, 2.05) is 46.4 Å². The number of amides is 1. The third-order valence-corrected chi connectivity index (χ3v) is 3.84. The maximum atomic E-state index is 12.3. The molecule has 0 spiro atoms. The van der Waals surface area contributed by atoms with Gasteiger partial charge in [0, 0.05) is 18.6 Å². The van der Waals surface area contributed by atoms with Crippen LogP contribution in [0.2, 0.25) is 0 Å². The van der Waals surface area contributed by atoms with Gasteiger partial charge in [-0.15, -0.1) is 0 Å². The van der Waals surface area contributed by atoms with E-state index < -0.39 is 5.60 Å². The van der Waals surface area contributed by atoms with Crippen molar-refractivity contribution in [3.63, 3.8) is 0 Å². The highest BCUT2D eigenvalue weighted by Gasteiger charge is 2.30. The van der Waals surface area contributed by atoms with Crippen molar-refractivity contribution in [1.82, 2.24) is 10.2 Å². The van der Waals surface area contributed by atoms with Crippen molar-refractivity contribution < 1.29 is 9.53 Å². The SMILES string of the molecule is CC(C)(C)OC(=O)N(CCNCC1CCCC1)C(C)(C)C. The fraction of sp³-hybridized carbons (Fsp3) is 0.941. The fourth-order valence-corrected chi connectivity index (χ4v) is 2.73. The molecule has 0 heterocycles. The van der Waals surface area contributed by atoms with Crippen LogP contribution in [0.3, 0.4) is 0 Å². The second-order valence-corrected chi connectivity index (χ2v) is 8.16. The molecule has 0 radical (unpaired) electrons. The molecular formula is C17H34N2O2. The first-order valence-electron chi connectivity index (χ1n) is 8.31. The minimum absolute atomic E-state index is 0.224. The Morgan fingerprint density at radius 3 is 2.19 bits per heavy atom. The van der Waals surface area contributed by atoms with Crippen molar-refractivity contribution >= 4 is 6.09 Å². The zero-order chi connectivity index (χ0) is 16.1. The molecule has 1 rings (SSSR count). The van der Waals surface area contributed by atoms with Gasteiger partial charge in [0.2, 0.25) is 0 Å². The lowest BCUT2D eigenvalue weighted by atomic mass is 10.1. The molecule has 1 aliphatic rings. The third kappa shape index (κ3) is 7.16. The third-order valence-electron chi connectivity index (χ3n) is 3.84. The predicted octanol–water partition coefficient (Wildman–Crippen LogP) is 3.80. The minimum atomic E-state index is -0.447. The van der Waals surface area contributed by atoms with Gasteiger partial charge in [-0.2, -0.15) is 0 Å². The van der Waals surface area contributed by atoms with E-state index in [-0.39, 0.29) is 11.6 Å². The van der Waals surface area contributed by atoms with E-state index in [1.165, 1.54) is 25.7 Å². The normalized spacial score (nSPS) is 17.0. The van der Waals surface area contributed by atoms with E-state index in [0.717, 1.165) is 19.0 Å². The standard InChI is InChI=1S/C17H34N2O2/c1-16(2,3)19(15(20)21-17(4,5)6)12-11-18-13-14-9-7-8-10-14/h14,18H,7-13H2,1-6H3. The Balaban J connectivity index is 2.41. The van der Waals surface area contributed by atoms with Gasteiger partial charge in [-0.25, -0.2) is 4.79 Å². The Morgan fingerprint density at radius 2 is 1.71 bits per heavy atom. The van der Waals surface area contributed by atoms with Crippen LogP contribution < -0.4 is 5.32 Å². The number of carbonyl (C=O) groups is 1. The molecule has 21 heavy (non-hydrogen) atoms. The number of rotatable bonds is 5. The Labute approximate surface area is 130 Å². The summed E-state index contributed by atoms with van der Waals surface area (Å²) in [4.78, 5) is 14.2. The number of hydrogen-bond donors (Lipinski definition) is 1. The van der Waals surface area contributed by atoms with Crippen LogP contribution in [0.1, 0.15) is 67.2 Å². The molecule has 0 aromatic heterocycles. The summed E-state index contributed by atoms with van der Waals surface area (Å²) >= 11 is 0. The lowest BCUT2D eigenvalue weighted by molar-refractivity contribution is 0.00661. The number of nitrogens with one attached hydrogen (secondary N) is 1. The molecule has 1 fully saturated rings. The maximum Gasteiger partial charge on any atom is 0.410 e. The molecule has 1 N–H and O–H groups in total. The summed E-state index contributed by atoms with van der Waals surface area (Å²) in [5.41, 5.74) is -0.671. The largest absolute Gasteiger partial charge is 0.444 e. The number of carbonyl (C=O) groups excluding carboxylic acids is 1. The van der Waals surface area contributed by atoms with E-state index in [1.54, 1.807) is 0 Å². The van der Waals surface area contributed by atoms with Crippen LogP contribution in [0.5, 0.6) is 0 Å². The van der Waals surface area contributed by atoms with Gasteiger partial charge in [-0.3, -0.25) is 0 Å². The average Bonchev–Trinajstić information content (AvgIpc) is 2.77. The molecule has 0 atom stereocenters. The second-order valence-electron chi connectivity index (χ2n) is 8.16. The zero-order valence-corrected chi connectivity index (χ0v) is 14.8. The summed E-state index contributed by atoms with van der Waals surface area (Å²) in [6, 6.07) is 0. The number of ether oxygens (including phenoxy) is 1. The van der Waals surface area contributed by atoms with Crippen LogP contribution >= 0.6 is 0 Å². The van der Waals surface area contributed by atoms with Crippen LogP contribution in [-0.2, 0) is 4.74 Å². The molecule has 4 nitrogen and oxygen atoms in total. The highest BCUT2D eigenvalue weighted by atomic mass is 16.6. The van der Waals surface area contributed by atoms with Gasteiger partial charge < -0.3 is 15.0 Å². The van der Waals surface area contributed by atoms with Crippen LogP contribution in [0, 0.1) is 5.92 Å². The molecule has 0 aromatic rings. The van der Waals surface area contributed by atoms with Crippen LogP contribution in [0.25, 0.3) is 0 Å². The zero-order valence-electron chi connectivity index (χ0n) is 14.8. The second kappa shape index (κ2) is 7.48. The highest BCUT2D eigenvalue weighted by molar-refractivity contribution is 5.69. The first-order chi connectivity index (χ1) is 9.59. The van der Waals surface area contributed by atoms with Gasteiger partial charge in [0.05, 0.1) is 0 Å². The summed E-state index contributed by atoms with van der Waals surface area (Å²) < 4.78 is 5.52. The molecular weight excluding hydrogens is 264 g/mol. The minimum Gasteiger partial charge on any atom is -0.444 e. The first-order valence-corrected chi connectivity index (χ1v) is 8.31. The molecule has 1 amide bonds. The monoisotopic (exact) mass is 298 g/mol. The van der Waals surface area contributed by atoms with Crippen molar-refractivity contribution in [3.8, 4) is 0 Å². The van der Waals surface area contributed by atoms with Gasteiger partial charge in [0.25, 0.3) is 0 Å². The molecule has 0 saturated heterocycles. The lowest BCUT2D eigenvalue weighted by Crippen LogP contribution is -2.50. The molecule has 0 aromatic carbocycles. The van der Waals surface area contributed by atoms with Crippen molar-refractivity contribution in [1.29, 1.82) is 0 Å². The summed E-state index contributed by atoms with van der Waals surface area (Å²) in [6.07, 6.45) is 5.22. The first kappa shape index (κ1) is 18.3. The van der Waals surface area contributed by atoms with E-state index in [2.05, 4.69) is 5.32 Å². The van der Waals surface area contributed by atoms with Crippen molar-refractivity contribution in [2.45, 2.75) is 78.4 Å². The quantitative estimate of drug-likeness (QED) is 0.785. The van der Waals surface area contributed by atoms with E-state index >= 15 is 0 Å². The molecule has 124 valence electrons. The van der Waals surface area contributed by atoms with Crippen molar-refractivity contribution in [3.05, 3.63) is 0 Å². The molecule has 0 bridgehead atoms. The van der Waals surface area contributed by atoms with Crippen molar-refractivity contribution in [2.75, 3.05) is 19.6 Å². The highest BCUT2D eigenvalue weighted by Crippen LogP contribution is 2.23.